The third kappa shape index (κ3) is 3.21. The van der Waals surface area contributed by atoms with Gasteiger partial charge in [-0.2, -0.15) is 0 Å². The first-order valence-corrected chi connectivity index (χ1v) is 7.36. The fraction of sp³-hybridized carbons (Fsp3) is 1.00. The van der Waals surface area contributed by atoms with E-state index in [0.717, 1.165) is 18.5 Å². The number of hydrogen-bond acceptors (Lipinski definition) is 2. The van der Waals surface area contributed by atoms with Gasteiger partial charge in [0.1, 0.15) is 0 Å². The first-order chi connectivity index (χ1) is 7.92. The van der Waals surface area contributed by atoms with E-state index in [1.54, 1.807) is 0 Å². The zero-order valence-electron chi connectivity index (χ0n) is 10.9. The fourth-order valence-corrected chi connectivity index (χ4v) is 3.52. The van der Waals surface area contributed by atoms with E-state index in [4.69, 9.17) is 0 Å². The van der Waals surface area contributed by atoms with Gasteiger partial charge in [-0.1, -0.05) is 19.8 Å². The Balaban J connectivity index is 1.62. The van der Waals surface area contributed by atoms with E-state index in [2.05, 4.69) is 17.1 Å². The van der Waals surface area contributed by atoms with E-state index in [0.29, 0.717) is 0 Å². The highest BCUT2D eigenvalue weighted by Crippen LogP contribution is 2.35. The van der Waals surface area contributed by atoms with Crippen LogP contribution >= 0.6 is 0 Å². The highest BCUT2D eigenvalue weighted by molar-refractivity contribution is 4.89. The maximum Gasteiger partial charge on any atom is 0.0124 e. The third-order valence-corrected chi connectivity index (χ3v) is 4.42. The van der Waals surface area contributed by atoms with Crippen LogP contribution in [0, 0.1) is 5.92 Å². The van der Waals surface area contributed by atoms with Crippen molar-refractivity contribution in [2.45, 2.75) is 57.9 Å². The molecule has 0 aromatic carbocycles. The Hall–Kier alpha value is -0.0800. The summed E-state index contributed by atoms with van der Waals surface area (Å²) in [5.74, 6) is 1.06. The number of likely N-dealkylation sites (tertiary alicyclic amines) is 1. The second-order valence-corrected chi connectivity index (χ2v) is 5.50. The quantitative estimate of drug-likeness (QED) is 0.698. The van der Waals surface area contributed by atoms with Crippen LogP contribution in [0.5, 0.6) is 0 Å². The number of nitrogens with zero attached hydrogens (tertiary/aromatic N) is 1. The molecule has 2 fully saturated rings. The fourth-order valence-electron chi connectivity index (χ4n) is 3.52. The van der Waals surface area contributed by atoms with Crippen molar-refractivity contribution in [3.05, 3.63) is 0 Å². The molecule has 0 bridgehead atoms. The molecule has 2 unspecified atom stereocenters. The summed E-state index contributed by atoms with van der Waals surface area (Å²) in [5, 5.41) is 3.41. The minimum atomic E-state index is 0.966. The first-order valence-electron chi connectivity index (χ1n) is 7.36. The summed E-state index contributed by atoms with van der Waals surface area (Å²) in [4.78, 5) is 2.79. The average molecular weight is 224 g/mol. The molecule has 1 saturated carbocycles. The molecule has 0 amide bonds. The van der Waals surface area contributed by atoms with Gasteiger partial charge in [0.25, 0.3) is 0 Å². The summed E-state index contributed by atoms with van der Waals surface area (Å²) in [7, 11) is 0. The molecule has 0 spiro atoms. The minimum absolute atomic E-state index is 0.966. The molecule has 16 heavy (non-hydrogen) atoms. The first kappa shape index (κ1) is 12.4. The summed E-state index contributed by atoms with van der Waals surface area (Å²) in [6, 6.07) is 0.966. The van der Waals surface area contributed by atoms with E-state index >= 15 is 0 Å². The predicted octanol–water partition coefficient (Wildman–Crippen LogP) is 2.64. The summed E-state index contributed by atoms with van der Waals surface area (Å²) in [6.07, 6.45) is 10.2. The smallest absolute Gasteiger partial charge is 0.0124 e. The van der Waals surface area contributed by atoms with Crippen LogP contribution in [0.1, 0.15) is 51.9 Å². The van der Waals surface area contributed by atoms with Crippen LogP contribution in [-0.2, 0) is 0 Å². The van der Waals surface area contributed by atoms with Crippen molar-refractivity contribution in [2.24, 2.45) is 5.92 Å². The monoisotopic (exact) mass is 224 g/mol. The lowest BCUT2D eigenvalue weighted by Gasteiger charge is -2.31. The van der Waals surface area contributed by atoms with Crippen LogP contribution < -0.4 is 5.32 Å². The molecule has 1 heterocycles. The molecule has 0 aromatic rings. The van der Waals surface area contributed by atoms with E-state index in [1.807, 2.05) is 0 Å². The van der Waals surface area contributed by atoms with Gasteiger partial charge in [0.05, 0.1) is 0 Å². The Bertz CT molecular complexity index is 193. The highest BCUT2D eigenvalue weighted by Gasteiger charge is 2.34. The molecule has 2 nitrogen and oxygen atoms in total. The van der Waals surface area contributed by atoms with Gasteiger partial charge >= 0.3 is 0 Å². The molecule has 94 valence electrons. The van der Waals surface area contributed by atoms with Crippen LogP contribution in [-0.4, -0.2) is 37.1 Å². The van der Waals surface area contributed by atoms with Gasteiger partial charge in [-0.15, -0.1) is 0 Å². The Morgan fingerprint density at radius 3 is 2.88 bits per heavy atom. The normalized spacial score (nSPS) is 30.6. The highest BCUT2D eigenvalue weighted by atomic mass is 15.2. The van der Waals surface area contributed by atoms with Crippen LogP contribution in [0.2, 0.25) is 0 Å². The standard InChI is InChI=1S/C14H28N2/c1-2-15-10-5-6-11-16-12-9-13-7-3-4-8-14(13)16/h13-15H,2-12H2,1H3. The van der Waals surface area contributed by atoms with Crippen molar-refractivity contribution < 1.29 is 0 Å². The zero-order chi connectivity index (χ0) is 11.2. The summed E-state index contributed by atoms with van der Waals surface area (Å²) >= 11 is 0. The molecule has 1 N–H and O–H groups in total. The van der Waals surface area contributed by atoms with E-state index in [9.17, 15) is 0 Å². The predicted molar refractivity (Wildman–Crippen MR) is 69.7 cm³/mol. The number of fused-ring (bicyclic) bond motifs is 1. The van der Waals surface area contributed by atoms with Crippen molar-refractivity contribution in [3.8, 4) is 0 Å². The summed E-state index contributed by atoms with van der Waals surface area (Å²) in [5.41, 5.74) is 0. The van der Waals surface area contributed by atoms with Gasteiger partial charge in [0.2, 0.25) is 0 Å². The van der Waals surface area contributed by atoms with Crippen LogP contribution in [0.3, 0.4) is 0 Å². The zero-order valence-corrected chi connectivity index (χ0v) is 10.9. The Kier molecular flexibility index (Phi) is 5.11. The molecule has 0 radical (unpaired) electrons. The van der Waals surface area contributed by atoms with Crippen molar-refractivity contribution in [1.82, 2.24) is 10.2 Å². The molecule has 2 atom stereocenters. The van der Waals surface area contributed by atoms with Crippen LogP contribution in [0.15, 0.2) is 0 Å². The maximum atomic E-state index is 3.41. The molecule has 1 aliphatic heterocycles. The molecule has 2 rings (SSSR count). The van der Waals surface area contributed by atoms with E-state index < -0.39 is 0 Å². The van der Waals surface area contributed by atoms with Crippen molar-refractivity contribution in [1.29, 1.82) is 0 Å². The number of nitrogens with one attached hydrogen (secondary N) is 1. The Labute approximate surface area is 101 Å². The molecular formula is C14H28N2. The summed E-state index contributed by atoms with van der Waals surface area (Å²) < 4.78 is 0. The third-order valence-electron chi connectivity index (χ3n) is 4.42. The molecule has 2 heteroatoms. The van der Waals surface area contributed by atoms with Gasteiger partial charge in [0, 0.05) is 6.04 Å². The SMILES string of the molecule is CCNCCCCN1CCC2CCCCC21. The molecule has 0 aromatic heterocycles. The van der Waals surface area contributed by atoms with Crippen LogP contribution in [0.4, 0.5) is 0 Å². The van der Waals surface area contributed by atoms with Crippen LogP contribution in [0.25, 0.3) is 0 Å². The largest absolute Gasteiger partial charge is 0.317 e. The summed E-state index contributed by atoms with van der Waals surface area (Å²) in [6.45, 7) is 7.25. The lowest BCUT2D eigenvalue weighted by atomic mass is 9.85. The van der Waals surface area contributed by atoms with E-state index in [1.165, 1.54) is 64.6 Å². The van der Waals surface area contributed by atoms with E-state index in [-0.39, 0.29) is 0 Å². The topological polar surface area (TPSA) is 15.3 Å². The molecule has 1 saturated heterocycles. The Morgan fingerprint density at radius 2 is 2.00 bits per heavy atom. The average Bonchev–Trinajstić information content (AvgIpc) is 2.73. The number of hydrogen-bond donors (Lipinski definition) is 1. The van der Waals surface area contributed by atoms with Gasteiger partial charge < -0.3 is 10.2 Å². The van der Waals surface area contributed by atoms with Gasteiger partial charge in [-0.3, -0.25) is 0 Å². The van der Waals surface area contributed by atoms with Crippen molar-refractivity contribution in [3.63, 3.8) is 0 Å². The van der Waals surface area contributed by atoms with Crippen molar-refractivity contribution >= 4 is 0 Å². The lowest BCUT2D eigenvalue weighted by molar-refractivity contribution is 0.180. The molecule has 1 aliphatic carbocycles. The van der Waals surface area contributed by atoms with Gasteiger partial charge in [-0.05, 0) is 64.2 Å². The lowest BCUT2D eigenvalue weighted by Crippen LogP contribution is -2.35. The molecule has 2 aliphatic rings. The van der Waals surface area contributed by atoms with Gasteiger partial charge in [-0.25, -0.2) is 0 Å². The minimum Gasteiger partial charge on any atom is -0.317 e. The maximum absolute atomic E-state index is 3.41. The Morgan fingerprint density at radius 1 is 1.12 bits per heavy atom. The van der Waals surface area contributed by atoms with Gasteiger partial charge in [0.15, 0.2) is 0 Å². The molecular weight excluding hydrogens is 196 g/mol. The number of unbranched alkanes of at least 4 members (excludes halogenated alkanes) is 1. The number of rotatable bonds is 6. The second-order valence-electron chi connectivity index (χ2n) is 5.50. The van der Waals surface area contributed by atoms with Crippen molar-refractivity contribution in [2.75, 3.05) is 26.2 Å². The second kappa shape index (κ2) is 6.61.